The van der Waals surface area contributed by atoms with E-state index >= 15 is 0 Å². The van der Waals surface area contributed by atoms with Crippen molar-refractivity contribution in [3.63, 3.8) is 0 Å². The van der Waals surface area contributed by atoms with Crippen LogP contribution in [0.3, 0.4) is 0 Å². The first-order valence-corrected chi connectivity index (χ1v) is 15.5. The number of nitrogens with one attached hydrogen (secondary N) is 1. The van der Waals surface area contributed by atoms with Gasteiger partial charge < -0.3 is 14.6 Å². The lowest BCUT2D eigenvalue weighted by Crippen LogP contribution is -2.22. The number of aryl methyl sites for hydroxylation is 3. The van der Waals surface area contributed by atoms with Gasteiger partial charge in [-0.15, -0.1) is 11.3 Å². The van der Waals surface area contributed by atoms with E-state index in [0.29, 0.717) is 74.4 Å². The van der Waals surface area contributed by atoms with Crippen LogP contribution in [-0.2, 0) is 19.4 Å². The van der Waals surface area contributed by atoms with E-state index in [1.165, 1.54) is 29.5 Å². The van der Waals surface area contributed by atoms with Gasteiger partial charge in [0.15, 0.2) is 11.6 Å². The third-order valence-electron chi connectivity index (χ3n) is 8.26. The third-order valence-corrected chi connectivity index (χ3v) is 9.36. The molecule has 11 heteroatoms. The average molecular weight is 629 g/mol. The molecule has 2 aromatic carbocycles. The van der Waals surface area contributed by atoms with Gasteiger partial charge in [0, 0.05) is 23.5 Å². The van der Waals surface area contributed by atoms with Gasteiger partial charge in [-0.3, -0.25) is 14.6 Å². The van der Waals surface area contributed by atoms with Crippen molar-refractivity contribution in [3.05, 3.63) is 117 Å². The molecule has 3 aromatic heterocycles. The van der Waals surface area contributed by atoms with Crippen LogP contribution in [0.25, 0.3) is 21.9 Å². The summed E-state index contributed by atoms with van der Waals surface area (Å²) in [6, 6.07) is 13.2. The molecule has 7 nitrogen and oxygen atoms in total. The predicted molar refractivity (Wildman–Crippen MR) is 162 cm³/mol. The van der Waals surface area contributed by atoms with E-state index in [2.05, 4.69) is 10.3 Å². The van der Waals surface area contributed by atoms with Crippen molar-refractivity contribution in [2.75, 3.05) is 6.54 Å². The highest BCUT2D eigenvalue weighted by molar-refractivity contribution is 7.17. The molecule has 1 saturated heterocycles. The molecule has 2 aliphatic rings. The van der Waals surface area contributed by atoms with Gasteiger partial charge in [0.2, 0.25) is 5.89 Å². The minimum Gasteiger partial charge on any atom is -0.441 e. The Kier molecular flexibility index (Phi) is 7.48. The van der Waals surface area contributed by atoms with Crippen LogP contribution in [0.15, 0.2) is 65.2 Å². The predicted octanol–water partition coefficient (Wildman–Crippen LogP) is 7.20. The van der Waals surface area contributed by atoms with Crippen molar-refractivity contribution in [2.24, 2.45) is 0 Å². The van der Waals surface area contributed by atoms with E-state index < -0.39 is 17.5 Å². The van der Waals surface area contributed by atoms with Gasteiger partial charge in [-0.1, -0.05) is 18.2 Å². The lowest BCUT2D eigenvalue weighted by molar-refractivity contribution is 0.0776. The zero-order chi connectivity index (χ0) is 31.2. The molecule has 0 saturated carbocycles. The maximum absolute atomic E-state index is 13.9. The van der Waals surface area contributed by atoms with E-state index in [0.717, 1.165) is 30.5 Å². The Balaban J connectivity index is 1.31. The number of hydrogen-bond donors (Lipinski definition) is 1. The van der Waals surface area contributed by atoms with Crippen LogP contribution in [0, 0.1) is 24.4 Å². The van der Waals surface area contributed by atoms with Crippen molar-refractivity contribution >= 4 is 23.2 Å². The lowest BCUT2D eigenvalue weighted by Gasteiger charge is -2.16. The zero-order valence-corrected chi connectivity index (χ0v) is 25.0. The number of nitrogens with zero attached hydrogens (tertiary/aromatic N) is 3. The van der Waals surface area contributed by atoms with E-state index in [-0.39, 0.29) is 24.3 Å². The summed E-state index contributed by atoms with van der Waals surface area (Å²) in [5, 5.41) is 2.76. The number of carbonyl (C=O) groups excluding carboxylic acids is 2. The number of hydrogen-bond acceptors (Lipinski definition) is 6. The van der Waals surface area contributed by atoms with E-state index in [9.17, 15) is 22.8 Å². The molecule has 1 atom stereocenters. The monoisotopic (exact) mass is 628 g/mol. The minimum atomic E-state index is -0.985. The molecule has 0 unspecified atom stereocenters. The van der Waals surface area contributed by atoms with Crippen molar-refractivity contribution in [1.29, 1.82) is 0 Å². The van der Waals surface area contributed by atoms with Gasteiger partial charge in [-0.05, 0) is 80.1 Å². The van der Waals surface area contributed by atoms with Gasteiger partial charge >= 0.3 is 0 Å². The van der Waals surface area contributed by atoms with Crippen molar-refractivity contribution in [2.45, 2.75) is 45.2 Å². The number of thiophene rings is 1. The summed E-state index contributed by atoms with van der Waals surface area (Å²) >= 11 is 1.22. The highest BCUT2D eigenvalue weighted by Crippen LogP contribution is 2.49. The van der Waals surface area contributed by atoms with Gasteiger partial charge in [-0.25, -0.2) is 18.2 Å². The maximum Gasteiger partial charge on any atom is 0.261 e. The molecule has 5 aromatic rings. The summed E-state index contributed by atoms with van der Waals surface area (Å²) in [5.74, 6) is -1.83. The molecule has 1 fully saturated rings. The molecule has 2 aliphatic heterocycles. The van der Waals surface area contributed by atoms with Gasteiger partial charge in [-0.2, -0.15) is 0 Å². The zero-order valence-electron chi connectivity index (χ0n) is 24.2. The molecule has 0 radical (unpaired) electrons. The van der Waals surface area contributed by atoms with Gasteiger partial charge in [0.25, 0.3) is 11.8 Å². The number of oxazole rings is 1. The van der Waals surface area contributed by atoms with E-state index in [1.54, 1.807) is 37.4 Å². The Hall–Kier alpha value is -4.77. The van der Waals surface area contributed by atoms with Gasteiger partial charge in [0.05, 0.1) is 39.6 Å². The second kappa shape index (κ2) is 11.6. The Morgan fingerprint density at radius 2 is 1.80 bits per heavy atom. The molecule has 0 spiro atoms. The Morgan fingerprint density at radius 3 is 2.56 bits per heavy atom. The number of halogens is 3. The number of pyridine rings is 1. The van der Waals surface area contributed by atoms with E-state index in [4.69, 9.17) is 9.40 Å². The molecule has 228 valence electrons. The maximum atomic E-state index is 13.9. The van der Waals surface area contributed by atoms with Crippen molar-refractivity contribution in [3.8, 4) is 21.9 Å². The lowest BCUT2D eigenvalue weighted by atomic mass is 9.93. The second-order valence-electron chi connectivity index (χ2n) is 11.2. The van der Waals surface area contributed by atoms with Crippen molar-refractivity contribution < 1.29 is 27.2 Å². The molecular weight excluding hydrogens is 601 g/mol. The second-order valence-corrected chi connectivity index (χ2v) is 12.3. The first-order chi connectivity index (χ1) is 21.8. The third kappa shape index (κ3) is 5.41. The average Bonchev–Trinajstić information content (AvgIpc) is 3.84. The fraction of sp³-hybridized carbons (Fsp3) is 0.235. The van der Waals surface area contributed by atoms with Crippen LogP contribution in [0.5, 0.6) is 0 Å². The number of carbonyl (C=O) groups is 2. The Morgan fingerprint density at radius 1 is 1.00 bits per heavy atom. The van der Waals surface area contributed by atoms with Crippen LogP contribution in [-0.4, -0.2) is 33.2 Å². The van der Waals surface area contributed by atoms with Crippen LogP contribution < -0.4 is 5.32 Å². The highest BCUT2D eigenvalue weighted by atomic mass is 32.1. The Bertz CT molecular complexity index is 1950. The summed E-state index contributed by atoms with van der Waals surface area (Å²) in [6.45, 7) is 2.44. The molecular formula is C34H27F3N4O3S. The summed E-state index contributed by atoms with van der Waals surface area (Å²) in [5.41, 5.74) is 4.48. The molecule has 0 aliphatic carbocycles. The Labute approximate surface area is 260 Å². The SMILES string of the molecule is Cc1cnc(-c2c(CCc3ccc(F)cc3)nc3c(c2-c2ccc(C(=O)NCc4ccc(F)c(F)c4)s2)C(=O)N2CCC[C@@H]32)o1. The molecule has 1 N–H and O–H groups in total. The summed E-state index contributed by atoms with van der Waals surface area (Å²) < 4.78 is 46.6. The number of fused-ring (bicyclic) bond motifs is 3. The highest BCUT2D eigenvalue weighted by Gasteiger charge is 2.44. The molecule has 5 heterocycles. The number of amides is 2. The normalized spacial score (nSPS) is 15.4. The van der Waals surface area contributed by atoms with Crippen LogP contribution in [0.2, 0.25) is 0 Å². The molecule has 2 amide bonds. The smallest absolute Gasteiger partial charge is 0.261 e. The fourth-order valence-corrected chi connectivity index (χ4v) is 7.09. The summed E-state index contributed by atoms with van der Waals surface area (Å²) in [6.07, 6.45) is 4.36. The molecule has 7 rings (SSSR count). The number of rotatable bonds is 8. The first kappa shape index (κ1) is 29.0. The fourth-order valence-electron chi connectivity index (χ4n) is 6.10. The number of benzene rings is 2. The standard InChI is InChI=1S/C34H27F3N4O3S/c1-18-16-39-33(44-18)28-24(11-7-19-4-8-21(35)9-5-19)40-31-25-3-2-14-41(25)34(43)30(31)29(28)26-12-13-27(45-26)32(42)38-17-20-6-10-22(36)23(37)15-20/h4-6,8-10,12-13,15-16,25H,2-3,7,11,14,17H2,1H3,(H,38,42)/t25-/m0/s1. The first-order valence-electron chi connectivity index (χ1n) is 14.6. The van der Waals surface area contributed by atoms with Crippen molar-refractivity contribution in [1.82, 2.24) is 20.2 Å². The van der Waals surface area contributed by atoms with Crippen LogP contribution in [0.4, 0.5) is 13.2 Å². The molecule has 45 heavy (non-hydrogen) atoms. The van der Waals surface area contributed by atoms with Gasteiger partial charge in [0.1, 0.15) is 11.6 Å². The molecule has 0 bridgehead atoms. The topological polar surface area (TPSA) is 88.3 Å². The van der Waals surface area contributed by atoms with Crippen LogP contribution in [0.1, 0.15) is 67.2 Å². The quantitative estimate of drug-likeness (QED) is 0.196. The summed E-state index contributed by atoms with van der Waals surface area (Å²) in [7, 11) is 0. The van der Waals surface area contributed by atoms with Crippen LogP contribution >= 0.6 is 11.3 Å². The largest absolute Gasteiger partial charge is 0.441 e. The minimum absolute atomic E-state index is 0.0113. The van der Waals surface area contributed by atoms with E-state index in [1.807, 2.05) is 4.90 Å². The summed E-state index contributed by atoms with van der Waals surface area (Å²) in [4.78, 5) is 39.6. The number of aromatic nitrogens is 2.